The van der Waals surface area contributed by atoms with Gasteiger partial charge in [0.15, 0.2) is 0 Å². The molecule has 0 aliphatic carbocycles. The van der Waals surface area contributed by atoms with Gasteiger partial charge >= 0.3 is 0 Å². The van der Waals surface area contributed by atoms with Gasteiger partial charge in [-0.15, -0.1) is 0 Å². The highest BCUT2D eigenvalue weighted by Crippen LogP contribution is 2.22. The Labute approximate surface area is 117 Å². The zero-order chi connectivity index (χ0) is 13.7. The Morgan fingerprint density at radius 3 is 2.47 bits per heavy atom. The average molecular weight is 274 g/mol. The standard InChI is InChI=1S/C14H14N2O2S/c1-2-17-10-6-8-11(9-7-10)18-13-5-3-4-12(16-13)14(15)19/h3-9H,2H2,1H3,(H2,15,19). The van der Waals surface area contributed by atoms with Gasteiger partial charge in [-0.3, -0.25) is 0 Å². The summed E-state index contributed by atoms with van der Waals surface area (Å²) in [6.45, 7) is 2.58. The molecule has 0 saturated heterocycles. The third-order valence-electron chi connectivity index (χ3n) is 2.33. The minimum atomic E-state index is 0.247. The van der Waals surface area contributed by atoms with Gasteiger partial charge in [-0.1, -0.05) is 18.3 Å². The van der Waals surface area contributed by atoms with Crippen LogP contribution in [0.15, 0.2) is 42.5 Å². The zero-order valence-corrected chi connectivity index (χ0v) is 11.3. The largest absolute Gasteiger partial charge is 0.494 e. The van der Waals surface area contributed by atoms with Gasteiger partial charge in [-0.25, -0.2) is 4.98 Å². The number of nitrogens with zero attached hydrogens (tertiary/aromatic N) is 1. The van der Waals surface area contributed by atoms with E-state index in [1.54, 1.807) is 18.2 Å². The number of hydrogen-bond donors (Lipinski definition) is 1. The van der Waals surface area contributed by atoms with Crippen molar-refractivity contribution in [2.75, 3.05) is 6.61 Å². The van der Waals surface area contributed by atoms with E-state index in [0.29, 0.717) is 23.9 Å². The fraction of sp³-hybridized carbons (Fsp3) is 0.143. The second kappa shape index (κ2) is 6.15. The number of hydrogen-bond acceptors (Lipinski definition) is 4. The van der Waals surface area contributed by atoms with Crippen LogP contribution in [0.2, 0.25) is 0 Å². The van der Waals surface area contributed by atoms with Gasteiger partial charge in [-0.05, 0) is 37.3 Å². The van der Waals surface area contributed by atoms with Crippen LogP contribution in [0.25, 0.3) is 0 Å². The van der Waals surface area contributed by atoms with E-state index in [-0.39, 0.29) is 4.99 Å². The first kappa shape index (κ1) is 13.3. The van der Waals surface area contributed by atoms with Crippen molar-refractivity contribution in [1.82, 2.24) is 4.98 Å². The number of rotatable bonds is 5. The minimum Gasteiger partial charge on any atom is -0.494 e. The van der Waals surface area contributed by atoms with Crippen LogP contribution in [0.5, 0.6) is 17.4 Å². The SMILES string of the molecule is CCOc1ccc(Oc2cccc(C(N)=S)n2)cc1. The van der Waals surface area contributed by atoms with Crippen molar-refractivity contribution >= 4 is 17.2 Å². The molecule has 2 rings (SSSR count). The Hall–Kier alpha value is -2.14. The topological polar surface area (TPSA) is 57.4 Å². The first-order chi connectivity index (χ1) is 9.19. The van der Waals surface area contributed by atoms with Gasteiger partial charge in [0.2, 0.25) is 5.88 Å². The quantitative estimate of drug-likeness (QED) is 0.850. The van der Waals surface area contributed by atoms with Crippen molar-refractivity contribution < 1.29 is 9.47 Å². The maximum atomic E-state index is 5.62. The minimum absolute atomic E-state index is 0.247. The van der Waals surface area contributed by atoms with E-state index in [1.165, 1.54) is 0 Å². The molecule has 0 aliphatic rings. The summed E-state index contributed by atoms with van der Waals surface area (Å²) in [5.74, 6) is 1.94. The van der Waals surface area contributed by atoms with Crippen molar-refractivity contribution in [2.45, 2.75) is 6.92 Å². The van der Waals surface area contributed by atoms with Gasteiger partial charge in [0, 0.05) is 6.07 Å². The smallest absolute Gasteiger partial charge is 0.219 e. The highest BCUT2D eigenvalue weighted by Gasteiger charge is 2.03. The number of ether oxygens (including phenoxy) is 2. The maximum absolute atomic E-state index is 5.62. The lowest BCUT2D eigenvalue weighted by Gasteiger charge is -2.07. The van der Waals surface area contributed by atoms with E-state index < -0.39 is 0 Å². The second-order valence-electron chi connectivity index (χ2n) is 3.73. The van der Waals surface area contributed by atoms with E-state index in [9.17, 15) is 0 Å². The first-order valence-electron chi connectivity index (χ1n) is 5.86. The molecule has 0 saturated carbocycles. The number of benzene rings is 1. The lowest BCUT2D eigenvalue weighted by Crippen LogP contribution is -2.11. The maximum Gasteiger partial charge on any atom is 0.219 e. The number of nitrogens with two attached hydrogens (primary N) is 1. The fourth-order valence-corrected chi connectivity index (χ4v) is 1.61. The van der Waals surface area contributed by atoms with Crippen molar-refractivity contribution in [3.8, 4) is 17.4 Å². The van der Waals surface area contributed by atoms with Crippen LogP contribution in [0.1, 0.15) is 12.6 Å². The van der Waals surface area contributed by atoms with Crippen LogP contribution in [-0.4, -0.2) is 16.6 Å². The average Bonchev–Trinajstić information content (AvgIpc) is 2.42. The van der Waals surface area contributed by atoms with Crippen LogP contribution in [0.3, 0.4) is 0 Å². The zero-order valence-electron chi connectivity index (χ0n) is 10.5. The summed E-state index contributed by atoms with van der Waals surface area (Å²) in [6, 6.07) is 12.6. The third-order valence-corrected chi connectivity index (χ3v) is 2.54. The summed E-state index contributed by atoms with van der Waals surface area (Å²) < 4.78 is 11.0. The summed E-state index contributed by atoms with van der Waals surface area (Å²) in [6.07, 6.45) is 0. The van der Waals surface area contributed by atoms with Crippen LogP contribution in [0, 0.1) is 0 Å². The molecular weight excluding hydrogens is 260 g/mol. The molecule has 0 aliphatic heterocycles. The first-order valence-corrected chi connectivity index (χ1v) is 6.27. The van der Waals surface area contributed by atoms with Crippen LogP contribution in [-0.2, 0) is 0 Å². The predicted molar refractivity (Wildman–Crippen MR) is 77.8 cm³/mol. The Morgan fingerprint density at radius 2 is 1.84 bits per heavy atom. The van der Waals surface area contributed by atoms with Crippen molar-refractivity contribution in [3.63, 3.8) is 0 Å². The molecule has 2 N–H and O–H groups in total. The van der Waals surface area contributed by atoms with E-state index >= 15 is 0 Å². The Bertz CT molecular complexity index is 570. The summed E-state index contributed by atoms with van der Waals surface area (Å²) >= 11 is 4.88. The summed E-state index contributed by atoms with van der Waals surface area (Å²) in [4.78, 5) is 4.45. The number of thiocarbonyl (C=S) groups is 1. The number of aromatic nitrogens is 1. The predicted octanol–water partition coefficient (Wildman–Crippen LogP) is 2.91. The van der Waals surface area contributed by atoms with Gasteiger partial charge in [-0.2, -0.15) is 0 Å². The van der Waals surface area contributed by atoms with Gasteiger partial charge in [0.1, 0.15) is 22.2 Å². The molecule has 19 heavy (non-hydrogen) atoms. The van der Waals surface area contributed by atoms with E-state index in [1.807, 2.05) is 31.2 Å². The molecule has 98 valence electrons. The Balaban J connectivity index is 2.12. The van der Waals surface area contributed by atoms with E-state index in [4.69, 9.17) is 27.4 Å². The van der Waals surface area contributed by atoms with E-state index in [2.05, 4.69) is 4.98 Å². The van der Waals surface area contributed by atoms with Gasteiger partial charge in [0.05, 0.1) is 6.61 Å². The molecule has 4 nitrogen and oxygen atoms in total. The molecule has 5 heteroatoms. The normalized spacial score (nSPS) is 9.95. The van der Waals surface area contributed by atoms with Crippen LogP contribution < -0.4 is 15.2 Å². The fourth-order valence-electron chi connectivity index (χ4n) is 1.50. The molecule has 2 aromatic rings. The molecule has 0 spiro atoms. The summed E-state index contributed by atoms with van der Waals surface area (Å²) in [5, 5.41) is 0. The van der Waals surface area contributed by atoms with E-state index in [0.717, 1.165) is 5.75 Å². The second-order valence-corrected chi connectivity index (χ2v) is 4.17. The van der Waals surface area contributed by atoms with Gasteiger partial charge in [0.25, 0.3) is 0 Å². The van der Waals surface area contributed by atoms with Crippen molar-refractivity contribution in [2.24, 2.45) is 5.73 Å². The molecule has 1 aromatic carbocycles. The van der Waals surface area contributed by atoms with Crippen LogP contribution in [0.4, 0.5) is 0 Å². The third kappa shape index (κ3) is 3.66. The Morgan fingerprint density at radius 1 is 1.16 bits per heavy atom. The molecule has 0 amide bonds. The van der Waals surface area contributed by atoms with Crippen LogP contribution >= 0.6 is 12.2 Å². The summed E-state index contributed by atoms with van der Waals surface area (Å²) in [5.41, 5.74) is 6.07. The molecule has 1 heterocycles. The molecular formula is C14H14N2O2S. The molecule has 0 radical (unpaired) electrons. The monoisotopic (exact) mass is 274 g/mol. The summed E-state index contributed by atoms with van der Waals surface area (Å²) in [7, 11) is 0. The van der Waals surface area contributed by atoms with Crippen molar-refractivity contribution in [1.29, 1.82) is 0 Å². The molecule has 0 fully saturated rings. The lowest BCUT2D eigenvalue weighted by molar-refractivity contribution is 0.339. The number of pyridine rings is 1. The molecule has 1 aromatic heterocycles. The highest BCUT2D eigenvalue weighted by atomic mass is 32.1. The Kier molecular flexibility index (Phi) is 4.30. The highest BCUT2D eigenvalue weighted by molar-refractivity contribution is 7.80. The molecule has 0 atom stereocenters. The van der Waals surface area contributed by atoms with Crippen molar-refractivity contribution in [3.05, 3.63) is 48.2 Å². The molecule has 0 bridgehead atoms. The van der Waals surface area contributed by atoms with Gasteiger partial charge < -0.3 is 15.2 Å². The lowest BCUT2D eigenvalue weighted by atomic mass is 10.3. The molecule has 0 unspecified atom stereocenters.